The smallest absolute Gasteiger partial charge is 0.255 e. The van der Waals surface area contributed by atoms with E-state index >= 15 is 0 Å². The first-order chi connectivity index (χ1) is 13.1. The van der Waals surface area contributed by atoms with Gasteiger partial charge in [0.1, 0.15) is 5.75 Å². The Bertz CT molecular complexity index is 859. The molecule has 0 fully saturated rings. The number of nitrogens with one attached hydrogen (secondary N) is 1. The summed E-state index contributed by atoms with van der Waals surface area (Å²) in [6, 6.07) is 25.5. The first-order valence-electron chi connectivity index (χ1n) is 8.95. The Balaban J connectivity index is 1.55. The van der Waals surface area contributed by atoms with Gasteiger partial charge < -0.3 is 10.1 Å². The molecule has 0 aliphatic heterocycles. The topological polar surface area (TPSA) is 38.3 Å². The van der Waals surface area contributed by atoms with Crippen LogP contribution in [-0.2, 0) is 5.75 Å². The van der Waals surface area contributed by atoms with Gasteiger partial charge in [-0.3, -0.25) is 4.79 Å². The summed E-state index contributed by atoms with van der Waals surface area (Å²) in [6.45, 7) is 3.97. The molecule has 138 valence electrons. The predicted octanol–water partition coefficient (Wildman–Crippen LogP) is 6.02. The van der Waals surface area contributed by atoms with Crippen LogP contribution in [0.1, 0.15) is 29.8 Å². The Morgan fingerprint density at radius 2 is 1.59 bits per heavy atom. The van der Waals surface area contributed by atoms with Crippen molar-refractivity contribution < 1.29 is 9.53 Å². The highest BCUT2D eigenvalue weighted by atomic mass is 32.2. The fourth-order valence-corrected chi connectivity index (χ4v) is 3.40. The Kier molecular flexibility index (Phi) is 6.55. The molecule has 0 unspecified atom stereocenters. The molecule has 0 atom stereocenters. The van der Waals surface area contributed by atoms with E-state index in [9.17, 15) is 4.79 Å². The van der Waals surface area contributed by atoms with E-state index in [1.165, 1.54) is 10.5 Å². The molecular weight excluding hydrogens is 354 g/mol. The molecule has 3 nitrogen and oxygen atoms in total. The molecule has 1 amide bonds. The lowest BCUT2D eigenvalue weighted by molar-refractivity contribution is 0.102. The zero-order valence-corrected chi connectivity index (χ0v) is 16.3. The van der Waals surface area contributed by atoms with Crippen LogP contribution in [0.4, 0.5) is 5.69 Å². The van der Waals surface area contributed by atoms with E-state index in [4.69, 9.17) is 4.74 Å². The van der Waals surface area contributed by atoms with E-state index < -0.39 is 0 Å². The van der Waals surface area contributed by atoms with Gasteiger partial charge >= 0.3 is 0 Å². The van der Waals surface area contributed by atoms with Crippen LogP contribution in [0.3, 0.4) is 0 Å². The lowest BCUT2D eigenvalue weighted by atomic mass is 10.1. The zero-order chi connectivity index (χ0) is 19.1. The van der Waals surface area contributed by atoms with Gasteiger partial charge in [0.15, 0.2) is 0 Å². The standard InChI is InChI=1S/C23H23NO2S/c1-17(2)26-21-14-12-20(13-15-21)24-23(25)19-10-8-18(9-11-19)16-27-22-6-4-3-5-7-22/h3-15,17H,16H2,1-2H3,(H,24,25). The van der Waals surface area contributed by atoms with Crippen LogP contribution < -0.4 is 10.1 Å². The summed E-state index contributed by atoms with van der Waals surface area (Å²) in [5.74, 6) is 1.56. The monoisotopic (exact) mass is 377 g/mol. The summed E-state index contributed by atoms with van der Waals surface area (Å²) in [7, 11) is 0. The molecule has 0 aliphatic rings. The Hall–Kier alpha value is -2.72. The lowest BCUT2D eigenvalue weighted by Crippen LogP contribution is -2.12. The minimum Gasteiger partial charge on any atom is -0.491 e. The maximum absolute atomic E-state index is 12.4. The maximum atomic E-state index is 12.4. The molecule has 3 rings (SSSR count). The fourth-order valence-electron chi connectivity index (χ4n) is 2.53. The van der Waals surface area contributed by atoms with E-state index in [-0.39, 0.29) is 12.0 Å². The van der Waals surface area contributed by atoms with Crippen LogP contribution in [0.2, 0.25) is 0 Å². The van der Waals surface area contributed by atoms with Crippen LogP contribution >= 0.6 is 11.8 Å². The van der Waals surface area contributed by atoms with Crippen molar-refractivity contribution in [3.8, 4) is 5.75 Å². The van der Waals surface area contributed by atoms with Crippen LogP contribution in [0, 0.1) is 0 Å². The normalized spacial score (nSPS) is 10.6. The molecule has 0 aliphatic carbocycles. The van der Waals surface area contributed by atoms with Crippen molar-refractivity contribution in [3.05, 3.63) is 90.0 Å². The van der Waals surface area contributed by atoms with Crippen molar-refractivity contribution in [2.45, 2.75) is 30.6 Å². The molecule has 1 N–H and O–H groups in total. The number of rotatable bonds is 7. The van der Waals surface area contributed by atoms with Crippen molar-refractivity contribution in [1.82, 2.24) is 0 Å². The summed E-state index contributed by atoms with van der Waals surface area (Å²) in [5, 5.41) is 2.92. The maximum Gasteiger partial charge on any atom is 0.255 e. The molecule has 0 radical (unpaired) electrons. The summed E-state index contributed by atoms with van der Waals surface area (Å²) < 4.78 is 5.61. The van der Waals surface area contributed by atoms with Gasteiger partial charge in [0, 0.05) is 21.9 Å². The second-order valence-corrected chi connectivity index (χ2v) is 7.49. The van der Waals surface area contributed by atoms with Crippen LogP contribution in [0.15, 0.2) is 83.8 Å². The summed E-state index contributed by atoms with van der Waals surface area (Å²) in [5.41, 5.74) is 2.58. The average molecular weight is 378 g/mol. The quantitative estimate of drug-likeness (QED) is 0.512. The molecule has 0 heterocycles. The van der Waals surface area contributed by atoms with Gasteiger partial charge in [-0.15, -0.1) is 11.8 Å². The van der Waals surface area contributed by atoms with E-state index in [2.05, 4.69) is 17.4 Å². The fraction of sp³-hybridized carbons (Fsp3) is 0.174. The largest absolute Gasteiger partial charge is 0.491 e. The third-order valence-electron chi connectivity index (χ3n) is 3.85. The van der Waals surface area contributed by atoms with Gasteiger partial charge in [0.2, 0.25) is 0 Å². The van der Waals surface area contributed by atoms with Crippen molar-refractivity contribution in [2.24, 2.45) is 0 Å². The van der Waals surface area contributed by atoms with Gasteiger partial charge in [0.25, 0.3) is 5.91 Å². The Morgan fingerprint density at radius 1 is 0.926 bits per heavy atom. The highest BCUT2D eigenvalue weighted by Crippen LogP contribution is 2.23. The summed E-state index contributed by atoms with van der Waals surface area (Å²) in [4.78, 5) is 13.7. The molecule has 0 bridgehead atoms. The zero-order valence-electron chi connectivity index (χ0n) is 15.5. The molecule has 3 aromatic carbocycles. The molecule has 4 heteroatoms. The summed E-state index contributed by atoms with van der Waals surface area (Å²) in [6.07, 6.45) is 0.129. The SMILES string of the molecule is CC(C)Oc1ccc(NC(=O)c2ccc(CSc3ccccc3)cc2)cc1. The average Bonchev–Trinajstić information content (AvgIpc) is 2.69. The number of ether oxygens (including phenoxy) is 1. The predicted molar refractivity (Wildman–Crippen MR) is 113 cm³/mol. The van der Waals surface area contributed by atoms with Gasteiger partial charge in [-0.05, 0) is 67.9 Å². The number of carbonyl (C=O) groups is 1. The van der Waals surface area contributed by atoms with Crippen LogP contribution in [0.5, 0.6) is 5.75 Å². The number of carbonyl (C=O) groups excluding carboxylic acids is 1. The first kappa shape index (κ1) is 19.1. The van der Waals surface area contributed by atoms with Gasteiger partial charge in [-0.1, -0.05) is 30.3 Å². The highest BCUT2D eigenvalue weighted by molar-refractivity contribution is 7.98. The first-order valence-corrected chi connectivity index (χ1v) is 9.93. The third-order valence-corrected chi connectivity index (χ3v) is 4.93. The second-order valence-electron chi connectivity index (χ2n) is 6.44. The van der Waals surface area contributed by atoms with Crippen molar-refractivity contribution in [2.75, 3.05) is 5.32 Å². The van der Waals surface area contributed by atoms with Crippen LogP contribution in [0.25, 0.3) is 0 Å². The Morgan fingerprint density at radius 3 is 2.22 bits per heavy atom. The molecule has 0 saturated heterocycles. The second kappa shape index (κ2) is 9.28. The van der Waals surface area contributed by atoms with Crippen molar-refractivity contribution in [3.63, 3.8) is 0 Å². The number of anilines is 1. The summed E-state index contributed by atoms with van der Waals surface area (Å²) >= 11 is 1.78. The number of amides is 1. The van der Waals surface area contributed by atoms with Gasteiger partial charge in [-0.2, -0.15) is 0 Å². The van der Waals surface area contributed by atoms with Crippen molar-refractivity contribution in [1.29, 1.82) is 0 Å². The third kappa shape index (κ3) is 5.90. The lowest BCUT2D eigenvalue weighted by Gasteiger charge is -2.11. The number of hydrogen-bond acceptors (Lipinski definition) is 3. The van der Waals surface area contributed by atoms with E-state index in [0.717, 1.165) is 17.2 Å². The Labute approximate surface area is 164 Å². The molecule has 3 aromatic rings. The van der Waals surface area contributed by atoms with Gasteiger partial charge in [-0.25, -0.2) is 0 Å². The van der Waals surface area contributed by atoms with Gasteiger partial charge in [0.05, 0.1) is 6.10 Å². The molecule has 0 spiro atoms. The molecule has 0 aromatic heterocycles. The van der Waals surface area contributed by atoms with E-state index in [1.54, 1.807) is 11.8 Å². The van der Waals surface area contributed by atoms with Crippen molar-refractivity contribution >= 4 is 23.4 Å². The van der Waals surface area contributed by atoms with E-state index in [1.807, 2.05) is 80.6 Å². The van der Waals surface area contributed by atoms with Crippen LogP contribution in [-0.4, -0.2) is 12.0 Å². The minimum absolute atomic E-state index is 0.116. The molecular formula is C23H23NO2S. The molecule has 0 saturated carbocycles. The number of benzene rings is 3. The minimum atomic E-state index is -0.116. The van der Waals surface area contributed by atoms with E-state index in [0.29, 0.717) is 5.56 Å². The number of hydrogen-bond donors (Lipinski definition) is 1. The highest BCUT2D eigenvalue weighted by Gasteiger charge is 2.07. The molecule has 27 heavy (non-hydrogen) atoms. The number of thioether (sulfide) groups is 1.